The van der Waals surface area contributed by atoms with Gasteiger partial charge in [-0.1, -0.05) is 0 Å². The summed E-state index contributed by atoms with van der Waals surface area (Å²) in [5, 5.41) is 0. The number of benzene rings is 4. The van der Waals surface area contributed by atoms with E-state index in [-0.39, 0.29) is 0 Å². The Labute approximate surface area is 274 Å². The fourth-order valence-electron chi connectivity index (χ4n) is 7.34. The number of hydrogen-bond acceptors (Lipinski definition) is 0. The van der Waals surface area contributed by atoms with E-state index in [9.17, 15) is 0 Å². The van der Waals surface area contributed by atoms with Crippen LogP contribution in [0.3, 0.4) is 0 Å². The standard InChI is InChI=1S/2C15H17.C12H10Ge.Hf/c2*1-4-13-6-5-7-14(10-13)15-9-11(2)8-12(15)3;1-3-7-11(8-4-1)13-12-9-5-2-6-10-12;/h2*5-7,9-11H,4H2,1-3H3;1-10H;. The van der Waals surface area contributed by atoms with Gasteiger partial charge in [-0.2, -0.15) is 0 Å². The normalized spacial score (nSPS) is 18.0. The summed E-state index contributed by atoms with van der Waals surface area (Å²) in [6, 6.07) is 42.0. The summed E-state index contributed by atoms with van der Waals surface area (Å²) in [4.78, 5) is 0. The Morgan fingerprint density at radius 3 is 1.34 bits per heavy atom. The average Bonchev–Trinajstić information content (AvgIpc) is 3.53. The Balaban J connectivity index is 1.65. The van der Waals surface area contributed by atoms with E-state index >= 15 is 0 Å². The van der Waals surface area contributed by atoms with E-state index in [1.165, 1.54) is 33.4 Å². The van der Waals surface area contributed by atoms with Gasteiger partial charge in [-0.3, -0.25) is 0 Å². The van der Waals surface area contributed by atoms with Gasteiger partial charge in [0.2, 0.25) is 0 Å². The molecule has 0 nitrogen and oxygen atoms in total. The predicted molar refractivity (Wildman–Crippen MR) is 189 cm³/mol. The van der Waals surface area contributed by atoms with E-state index in [1.54, 1.807) is 19.9 Å². The van der Waals surface area contributed by atoms with Crippen LogP contribution in [0.1, 0.15) is 63.8 Å². The molecule has 0 amide bonds. The second-order valence-electron chi connectivity index (χ2n) is 12.4. The fraction of sp³-hybridized carbons (Fsp3) is 0.238. The van der Waals surface area contributed by atoms with Crippen LogP contribution < -0.4 is 8.79 Å². The molecular weight excluding hydrogens is 756 g/mol. The Kier molecular flexibility index (Phi) is 9.74. The summed E-state index contributed by atoms with van der Waals surface area (Å²) in [7, 11) is -1.97. The second-order valence-corrected chi connectivity index (χ2v) is 40.9. The summed E-state index contributed by atoms with van der Waals surface area (Å²) in [5.74, 6) is 0.958. The van der Waals surface area contributed by atoms with Crippen molar-refractivity contribution in [3.63, 3.8) is 0 Å². The molecule has 0 aromatic heterocycles. The van der Waals surface area contributed by atoms with Crippen LogP contribution in [-0.2, 0) is 31.2 Å². The van der Waals surface area contributed by atoms with E-state index < -0.39 is 28.4 Å². The zero-order valence-corrected chi connectivity index (χ0v) is 32.8. The van der Waals surface area contributed by atoms with Crippen LogP contribution in [0, 0.1) is 11.8 Å². The van der Waals surface area contributed by atoms with Gasteiger partial charge in [0.15, 0.2) is 0 Å². The molecule has 0 fully saturated rings. The SMILES string of the molecule is CCc1cccc(C2=CC(C)[C]([Hf]([C]3=C(C)C(c4cccc(CC)c4)=CC3C)=[Ge]([c]3ccccc3)[c]3ccccc3)=C2C)c1. The molecular formula is C42H44GeHf. The van der Waals surface area contributed by atoms with E-state index in [4.69, 9.17) is 0 Å². The number of aryl methyl sites for hydroxylation is 2. The maximum atomic E-state index is 2.62. The second kappa shape index (κ2) is 13.7. The third-order valence-electron chi connectivity index (χ3n) is 9.57. The molecule has 0 aliphatic heterocycles. The van der Waals surface area contributed by atoms with Crippen molar-refractivity contribution in [2.75, 3.05) is 0 Å². The average molecular weight is 800 g/mol. The predicted octanol–water partition coefficient (Wildman–Crippen LogP) is 9.55. The zero-order valence-electron chi connectivity index (χ0n) is 27.1. The maximum absolute atomic E-state index is 2.79. The molecule has 4 aromatic carbocycles. The van der Waals surface area contributed by atoms with Crippen molar-refractivity contribution < 1.29 is 18.3 Å². The van der Waals surface area contributed by atoms with Gasteiger partial charge in [0.1, 0.15) is 0 Å². The van der Waals surface area contributed by atoms with E-state index in [1.807, 2.05) is 6.66 Å². The molecule has 0 spiro atoms. The molecule has 0 heterocycles. The van der Waals surface area contributed by atoms with Crippen molar-refractivity contribution in [2.24, 2.45) is 11.8 Å². The van der Waals surface area contributed by atoms with Gasteiger partial charge in [0.05, 0.1) is 0 Å². The summed E-state index contributed by atoms with van der Waals surface area (Å²) >= 11 is -2.79. The summed E-state index contributed by atoms with van der Waals surface area (Å²) in [6.45, 7) is 14.5. The first-order valence-electron chi connectivity index (χ1n) is 16.3. The van der Waals surface area contributed by atoms with Gasteiger partial charge in [-0.15, -0.1) is 0 Å². The third kappa shape index (κ3) is 6.07. The molecule has 2 heteroatoms. The number of hydrogen-bond donors (Lipinski definition) is 0. The van der Waals surface area contributed by atoms with Crippen molar-refractivity contribution in [3.05, 3.63) is 161 Å². The summed E-state index contributed by atoms with van der Waals surface area (Å²) in [6.07, 6.45) is 7.38. The molecule has 44 heavy (non-hydrogen) atoms. The van der Waals surface area contributed by atoms with Crippen LogP contribution in [0.25, 0.3) is 11.1 Å². The van der Waals surface area contributed by atoms with Crippen LogP contribution >= 0.6 is 0 Å². The third-order valence-corrected chi connectivity index (χ3v) is 53.6. The number of allylic oxidation sites excluding steroid dienone is 8. The van der Waals surface area contributed by atoms with Gasteiger partial charge in [-0.05, 0) is 0 Å². The minimum absolute atomic E-state index is 0.479. The molecule has 0 saturated heterocycles. The molecule has 6 rings (SSSR count). The Bertz CT molecular complexity index is 1720. The van der Waals surface area contributed by atoms with Crippen molar-refractivity contribution in [1.29, 1.82) is 0 Å². The Morgan fingerprint density at radius 1 is 0.545 bits per heavy atom. The van der Waals surface area contributed by atoms with Crippen LogP contribution in [0.15, 0.2) is 139 Å². The van der Waals surface area contributed by atoms with Crippen molar-refractivity contribution in [3.8, 4) is 0 Å². The molecule has 0 radical (unpaired) electrons. The van der Waals surface area contributed by atoms with Gasteiger partial charge in [-0.25, -0.2) is 0 Å². The van der Waals surface area contributed by atoms with Crippen molar-refractivity contribution in [1.82, 2.24) is 0 Å². The molecule has 0 saturated carbocycles. The first kappa shape index (κ1) is 31.2. The zero-order chi connectivity index (χ0) is 30.8. The van der Waals surface area contributed by atoms with Gasteiger partial charge < -0.3 is 0 Å². The van der Waals surface area contributed by atoms with Crippen LogP contribution in [-0.4, -0.2) is 10.1 Å². The molecule has 0 bridgehead atoms. The van der Waals surface area contributed by atoms with Gasteiger partial charge in [0.25, 0.3) is 0 Å². The molecule has 2 atom stereocenters. The Hall–Kier alpha value is -2.75. The fourth-order valence-corrected chi connectivity index (χ4v) is 62.5. The molecule has 2 aliphatic carbocycles. The van der Waals surface area contributed by atoms with Crippen LogP contribution in [0.5, 0.6) is 0 Å². The summed E-state index contributed by atoms with van der Waals surface area (Å²) in [5.41, 5.74) is 11.8. The first-order chi connectivity index (χ1) is 21.4. The van der Waals surface area contributed by atoms with Gasteiger partial charge >= 0.3 is 276 Å². The van der Waals surface area contributed by atoms with Crippen LogP contribution in [0.4, 0.5) is 0 Å². The monoisotopic (exact) mass is 802 g/mol. The first-order valence-corrected chi connectivity index (χ1v) is 32.4. The molecule has 0 N–H and O–H groups in total. The van der Waals surface area contributed by atoms with Crippen molar-refractivity contribution in [2.45, 2.75) is 54.4 Å². The van der Waals surface area contributed by atoms with Crippen molar-refractivity contribution >= 4 is 30.0 Å². The number of rotatable bonds is 8. The molecule has 2 aliphatic rings. The van der Waals surface area contributed by atoms with Gasteiger partial charge in [0, 0.05) is 0 Å². The van der Waals surface area contributed by atoms with E-state index in [0.29, 0.717) is 11.8 Å². The Morgan fingerprint density at radius 2 is 0.955 bits per heavy atom. The molecule has 4 aromatic rings. The van der Waals surface area contributed by atoms with E-state index in [2.05, 4.69) is 163 Å². The van der Waals surface area contributed by atoms with E-state index in [0.717, 1.165) is 12.8 Å². The molecule has 2 unspecified atom stereocenters. The summed E-state index contributed by atoms with van der Waals surface area (Å²) < 4.78 is 6.99. The minimum atomic E-state index is -2.79. The van der Waals surface area contributed by atoms with Crippen LogP contribution in [0.2, 0.25) is 0 Å². The molecule has 220 valence electrons. The topological polar surface area (TPSA) is 0 Å². The quantitative estimate of drug-likeness (QED) is 0.156.